The summed E-state index contributed by atoms with van der Waals surface area (Å²) in [6, 6.07) is 7.27. The van der Waals surface area contributed by atoms with E-state index in [0.717, 1.165) is 22.1 Å². The fraction of sp³-hybridized carbons (Fsp3) is 0.143. The van der Waals surface area contributed by atoms with Crippen LogP contribution in [0.15, 0.2) is 34.9 Å². The van der Waals surface area contributed by atoms with Gasteiger partial charge in [0.1, 0.15) is 5.82 Å². The van der Waals surface area contributed by atoms with Crippen LogP contribution in [0.3, 0.4) is 0 Å². The van der Waals surface area contributed by atoms with Gasteiger partial charge in [-0.3, -0.25) is 0 Å². The Balaban J connectivity index is 2.35. The minimum Gasteiger partial charge on any atom is -0.478 e. The molecule has 20 heavy (non-hydrogen) atoms. The molecule has 2 rings (SSSR count). The highest BCUT2D eigenvalue weighted by Crippen LogP contribution is 2.25. The molecule has 104 valence electrons. The number of benzene rings is 1. The molecule has 0 saturated carbocycles. The third kappa shape index (κ3) is 3.08. The lowest BCUT2D eigenvalue weighted by Crippen LogP contribution is -2.05. The highest BCUT2D eigenvalue weighted by Gasteiger charge is 2.10. The summed E-state index contributed by atoms with van der Waals surface area (Å²) in [5, 5.41) is 12.2. The molecule has 0 atom stereocenters. The van der Waals surface area contributed by atoms with E-state index in [9.17, 15) is 4.79 Å². The predicted octanol–water partition coefficient (Wildman–Crippen LogP) is 3.43. The van der Waals surface area contributed by atoms with Crippen LogP contribution in [-0.4, -0.2) is 16.1 Å². The van der Waals surface area contributed by atoms with E-state index in [0.29, 0.717) is 5.82 Å². The summed E-state index contributed by atoms with van der Waals surface area (Å²) in [5.41, 5.74) is 7.77. The molecule has 6 heteroatoms. The lowest BCUT2D eigenvalue weighted by Gasteiger charge is -2.12. The molecular weight excluding hydrogens is 322 g/mol. The van der Waals surface area contributed by atoms with Crippen LogP contribution in [0.2, 0.25) is 0 Å². The number of nitrogens with one attached hydrogen (secondary N) is 1. The quantitative estimate of drug-likeness (QED) is 0.796. The number of hydrogen-bond donors (Lipinski definition) is 3. The first-order valence-corrected chi connectivity index (χ1v) is 6.84. The van der Waals surface area contributed by atoms with Gasteiger partial charge in [-0.05, 0) is 36.2 Å². The number of aryl methyl sites for hydroxylation is 1. The SMILES string of the molecule is CCc1cc(Br)ccc1Nc1cc(C(=O)O)c(N)cn1. The van der Waals surface area contributed by atoms with E-state index in [4.69, 9.17) is 10.8 Å². The lowest BCUT2D eigenvalue weighted by molar-refractivity contribution is 0.0698. The predicted molar refractivity (Wildman–Crippen MR) is 82.4 cm³/mol. The first-order valence-electron chi connectivity index (χ1n) is 6.05. The van der Waals surface area contributed by atoms with Crippen molar-refractivity contribution < 1.29 is 9.90 Å². The third-order valence-corrected chi connectivity index (χ3v) is 3.37. The Morgan fingerprint density at radius 1 is 1.45 bits per heavy atom. The van der Waals surface area contributed by atoms with Crippen molar-refractivity contribution in [2.24, 2.45) is 0 Å². The molecule has 1 aromatic carbocycles. The number of carboxylic acid groups (broad SMARTS) is 1. The number of hydrogen-bond acceptors (Lipinski definition) is 4. The van der Waals surface area contributed by atoms with Crippen LogP contribution >= 0.6 is 15.9 Å². The summed E-state index contributed by atoms with van der Waals surface area (Å²) in [6.07, 6.45) is 2.19. The average Bonchev–Trinajstić information content (AvgIpc) is 2.42. The average molecular weight is 336 g/mol. The molecule has 0 aliphatic heterocycles. The Hall–Kier alpha value is -2.08. The van der Waals surface area contributed by atoms with Crippen molar-refractivity contribution in [2.45, 2.75) is 13.3 Å². The Bertz CT molecular complexity index is 659. The first-order chi connectivity index (χ1) is 9.51. The van der Waals surface area contributed by atoms with Crippen LogP contribution in [0.4, 0.5) is 17.2 Å². The molecule has 2 aromatic rings. The molecule has 0 fully saturated rings. The van der Waals surface area contributed by atoms with Crippen LogP contribution in [0.1, 0.15) is 22.8 Å². The maximum absolute atomic E-state index is 11.1. The van der Waals surface area contributed by atoms with Crippen molar-refractivity contribution in [3.05, 3.63) is 46.1 Å². The van der Waals surface area contributed by atoms with Gasteiger partial charge in [-0.25, -0.2) is 9.78 Å². The van der Waals surface area contributed by atoms with Crippen LogP contribution in [0.5, 0.6) is 0 Å². The number of nitrogen functional groups attached to an aromatic ring is 1. The second-order valence-corrected chi connectivity index (χ2v) is 5.16. The van der Waals surface area contributed by atoms with E-state index in [2.05, 4.69) is 26.2 Å². The fourth-order valence-electron chi connectivity index (χ4n) is 1.83. The molecular formula is C14H14BrN3O2. The number of carbonyl (C=O) groups is 1. The number of anilines is 3. The Morgan fingerprint density at radius 3 is 2.85 bits per heavy atom. The summed E-state index contributed by atoms with van der Waals surface area (Å²) in [5.74, 6) is -0.618. The number of carboxylic acids is 1. The number of aromatic nitrogens is 1. The van der Waals surface area contributed by atoms with Crippen molar-refractivity contribution in [1.29, 1.82) is 0 Å². The number of aromatic carboxylic acids is 1. The van der Waals surface area contributed by atoms with Gasteiger partial charge in [0.05, 0.1) is 17.4 Å². The molecule has 0 aliphatic rings. The molecule has 0 aliphatic carbocycles. The maximum atomic E-state index is 11.1. The van der Waals surface area contributed by atoms with Crippen molar-refractivity contribution in [1.82, 2.24) is 4.98 Å². The smallest absolute Gasteiger partial charge is 0.337 e. The maximum Gasteiger partial charge on any atom is 0.337 e. The van der Waals surface area contributed by atoms with Gasteiger partial charge in [0.15, 0.2) is 0 Å². The van der Waals surface area contributed by atoms with Crippen molar-refractivity contribution in [2.75, 3.05) is 11.1 Å². The van der Waals surface area contributed by atoms with Gasteiger partial charge in [0.25, 0.3) is 0 Å². The molecule has 1 heterocycles. The van der Waals surface area contributed by atoms with Gasteiger partial charge in [-0.15, -0.1) is 0 Å². The van der Waals surface area contributed by atoms with E-state index in [1.807, 2.05) is 25.1 Å². The topological polar surface area (TPSA) is 88.2 Å². The van der Waals surface area contributed by atoms with E-state index in [1.54, 1.807) is 0 Å². The van der Waals surface area contributed by atoms with Crippen molar-refractivity contribution in [3.63, 3.8) is 0 Å². The summed E-state index contributed by atoms with van der Waals surface area (Å²) in [7, 11) is 0. The molecule has 0 bridgehead atoms. The second kappa shape index (κ2) is 5.92. The summed E-state index contributed by atoms with van der Waals surface area (Å²) < 4.78 is 0.997. The Labute approximate surface area is 125 Å². The third-order valence-electron chi connectivity index (χ3n) is 2.88. The van der Waals surface area contributed by atoms with Crippen LogP contribution in [0.25, 0.3) is 0 Å². The Kier molecular flexibility index (Phi) is 4.24. The summed E-state index contributed by atoms with van der Waals surface area (Å²) in [4.78, 5) is 15.2. The van der Waals surface area contributed by atoms with Gasteiger partial charge < -0.3 is 16.2 Å². The summed E-state index contributed by atoms with van der Waals surface area (Å²) in [6.45, 7) is 2.05. The first kappa shape index (κ1) is 14.3. The van der Waals surface area contributed by atoms with E-state index in [1.165, 1.54) is 12.3 Å². The lowest BCUT2D eigenvalue weighted by atomic mass is 10.1. The molecule has 5 nitrogen and oxygen atoms in total. The van der Waals surface area contributed by atoms with Crippen LogP contribution < -0.4 is 11.1 Å². The number of nitrogens with two attached hydrogens (primary N) is 1. The Morgan fingerprint density at radius 2 is 2.20 bits per heavy atom. The van der Waals surface area contributed by atoms with E-state index in [-0.39, 0.29) is 11.3 Å². The normalized spacial score (nSPS) is 10.3. The molecule has 0 radical (unpaired) electrons. The zero-order valence-electron chi connectivity index (χ0n) is 10.9. The minimum absolute atomic E-state index is 0.0395. The molecule has 0 unspecified atom stereocenters. The molecule has 1 aromatic heterocycles. The van der Waals surface area contributed by atoms with E-state index < -0.39 is 5.97 Å². The number of pyridine rings is 1. The standard InChI is InChI=1S/C14H14BrN3O2/c1-2-8-5-9(15)3-4-12(8)18-13-6-10(14(19)20)11(16)7-17-13/h3-7H,2,16H2,1H3,(H,17,18)(H,19,20). The van der Waals surface area contributed by atoms with Gasteiger partial charge in [0, 0.05) is 10.2 Å². The molecule has 0 saturated heterocycles. The minimum atomic E-state index is -1.07. The largest absolute Gasteiger partial charge is 0.478 e. The van der Waals surface area contributed by atoms with E-state index >= 15 is 0 Å². The van der Waals surface area contributed by atoms with Gasteiger partial charge in [0.2, 0.25) is 0 Å². The second-order valence-electron chi connectivity index (χ2n) is 4.24. The number of halogens is 1. The highest BCUT2D eigenvalue weighted by atomic mass is 79.9. The molecule has 4 N–H and O–H groups in total. The highest BCUT2D eigenvalue weighted by molar-refractivity contribution is 9.10. The zero-order valence-corrected chi connectivity index (χ0v) is 12.4. The van der Waals surface area contributed by atoms with Crippen molar-refractivity contribution in [3.8, 4) is 0 Å². The number of nitrogens with zero attached hydrogens (tertiary/aromatic N) is 1. The monoisotopic (exact) mass is 335 g/mol. The van der Waals surface area contributed by atoms with Crippen LogP contribution in [-0.2, 0) is 6.42 Å². The molecule has 0 spiro atoms. The van der Waals surface area contributed by atoms with Gasteiger partial charge >= 0.3 is 5.97 Å². The zero-order chi connectivity index (χ0) is 14.7. The van der Waals surface area contributed by atoms with Crippen LogP contribution in [0, 0.1) is 0 Å². The summed E-state index contributed by atoms with van der Waals surface area (Å²) >= 11 is 3.43. The van der Waals surface area contributed by atoms with Gasteiger partial charge in [-0.1, -0.05) is 22.9 Å². The number of rotatable bonds is 4. The van der Waals surface area contributed by atoms with Gasteiger partial charge in [-0.2, -0.15) is 0 Å². The molecule has 0 amide bonds. The fourth-order valence-corrected chi connectivity index (χ4v) is 2.24. The van der Waals surface area contributed by atoms with Crippen molar-refractivity contribution >= 4 is 39.1 Å².